The Balaban J connectivity index is 1.89. The molecule has 7 heteroatoms. The van der Waals surface area contributed by atoms with Gasteiger partial charge in [0.15, 0.2) is 5.96 Å². The largest absolute Gasteiger partial charge is 0.469 e. The van der Waals surface area contributed by atoms with Crippen LogP contribution in [0.25, 0.3) is 0 Å². The second-order valence-electron chi connectivity index (χ2n) is 5.43. The molecule has 1 saturated heterocycles. The van der Waals surface area contributed by atoms with Crippen molar-refractivity contribution in [2.45, 2.75) is 19.4 Å². The zero-order valence-corrected chi connectivity index (χ0v) is 14.9. The van der Waals surface area contributed by atoms with Crippen LogP contribution >= 0.6 is 15.9 Å². The van der Waals surface area contributed by atoms with Gasteiger partial charge < -0.3 is 15.0 Å². The van der Waals surface area contributed by atoms with E-state index in [9.17, 15) is 9.18 Å². The fraction of sp³-hybridized carbons (Fsp3) is 0.500. The van der Waals surface area contributed by atoms with E-state index in [-0.39, 0.29) is 17.7 Å². The first-order valence-electron chi connectivity index (χ1n) is 7.52. The lowest BCUT2D eigenvalue weighted by molar-refractivity contribution is -0.146. The highest BCUT2D eigenvalue weighted by Gasteiger charge is 2.26. The van der Waals surface area contributed by atoms with Crippen LogP contribution in [-0.2, 0) is 16.1 Å². The molecular formula is C16H21BrFN3O2. The molecule has 0 atom stereocenters. The first-order chi connectivity index (χ1) is 11.0. The summed E-state index contributed by atoms with van der Waals surface area (Å²) in [5, 5.41) is 3.24. The Labute approximate surface area is 144 Å². The van der Waals surface area contributed by atoms with E-state index in [1.165, 1.54) is 13.2 Å². The van der Waals surface area contributed by atoms with Crippen LogP contribution in [0.15, 0.2) is 27.7 Å². The summed E-state index contributed by atoms with van der Waals surface area (Å²) >= 11 is 3.14. The van der Waals surface area contributed by atoms with Crippen molar-refractivity contribution in [3.63, 3.8) is 0 Å². The predicted octanol–water partition coefficient (Wildman–Crippen LogP) is 2.55. The van der Waals surface area contributed by atoms with E-state index in [4.69, 9.17) is 4.74 Å². The van der Waals surface area contributed by atoms with Crippen LogP contribution < -0.4 is 5.32 Å². The number of ether oxygens (including phenoxy) is 1. The summed E-state index contributed by atoms with van der Waals surface area (Å²) in [4.78, 5) is 17.9. The maximum Gasteiger partial charge on any atom is 0.308 e. The number of likely N-dealkylation sites (tertiary alicyclic amines) is 1. The van der Waals surface area contributed by atoms with E-state index in [0.29, 0.717) is 11.0 Å². The Bertz CT molecular complexity index is 587. The van der Waals surface area contributed by atoms with E-state index < -0.39 is 0 Å². The molecule has 1 heterocycles. The Morgan fingerprint density at radius 3 is 2.74 bits per heavy atom. The summed E-state index contributed by atoms with van der Waals surface area (Å²) in [6.45, 7) is 1.98. The topological polar surface area (TPSA) is 53.9 Å². The number of nitrogens with one attached hydrogen (secondary N) is 1. The molecule has 0 unspecified atom stereocenters. The average molecular weight is 386 g/mol. The van der Waals surface area contributed by atoms with Crippen molar-refractivity contribution in [3.05, 3.63) is 34.1 Å². The number of benzene rings is 1. The molecule has 5 nitrogen and oxygen atoms in total. The number of nitrogens with zero attached hydrogens (tertiary/aromatic N) is 2. The molecule has 126 valence electrons. The first-order valence-corrected chi connectivity index (χ1v) is 8.31. The van der Waals surface area contributed by atoms with Crippen LogP contribution in [0.2, 0.25) is 0 Å². The van der Waals surface area contributed by atoms with E-state index in [0.717, 1.165) is 37.5 Å². The van der Waals surface area contributed by atoms with Gasteiger partial charge in [-0.1, -0.05) is 6.07 Å². The number of piperidine rings is 1. The van der Waals surface area contributed by atoms with Crippen molar-refractivity contribution in [1.29, 1.82) is 0 Å². The molecule has 0 spiro atoms. The van der Waals surface area contributed by atoms with Crippen molar-refractivity contribution in [3.8, 4) is 0 Å². The molecule has 0 amide bonds. The molecule has 1 aliphatic rings. The minimum absolute atomic E-state index is 0.0325. The zero-order chi connectivity index (χ0) is 16.8. The highest BCUT2D eigenvalue weighted by atomic mass is 79.9. The maximum atomic E-state index is 13.5. The lowest BCUT2D eigenvalue weighted by Crippen LogP contribution is -2.46. The minimum Gasteiger partial charge on any atom is -0.469 e. The summed E-state index contributed by atoms with van der Waals surface area (Å²) in [5.41, 5.74) is 0.844. The molecule has 1 aromatic rings. The van der Waals surface area contributed by atoms with Crippen molar-refractivity contribution >= 4 is 27.9 Å². The number of carbonyl (C=O) groups excluding carboxylic acids is 1. The molecule has 1 fully saturated rings. The van der Waals surface area contributed by atoms with Gasteiger partial charge in [-0.25, -0.2) is 4.39 Å². The van der Waals surface area contributed by atoms with E-state index in [1.807, 2.05) is 6.07 Å². The fourth-order valence-corrected chi connectivity index (χ4v) is 2.90. The Kier molecular flexibility index (Phi) is 6.38. The number of esters is 1. The van der Waals surface area contributed by atoms with Gasteiger partial charge in [-0.3, -0.25) is 9.79 Å². The van der Waals surface area contributed by atoms with Gasteiger partial charge in [-0.15, -0.1) is 0 Å². The average Bonchev–Trinajstić information content (AvgIpc) is 2.58. The number of hydrogen-bond donors (Lipinski definition) is 1. The van der Waals surface area contributed by atoms with Crippen molar-refractivity contribution in [1.82, 2.24) is 10.2 Å². The molecular weight excluding hydrogens is 365 g/mol. The number of carbonyl (C=O) groups is 1. The second kappa shape index (κ2) is 8.29. The van der Waals surface area contributed by atoms with Crippen LogP contribution in [0.3, 0.4) is 0 Å². The van der Waals surface area contributed by atoms with Gasteiger partial charge in [-0.05, 0) is 46.5 Å². The van der Waals surface area contributed by atoms with Gasteiger partial charge in [-0.2, -0.15) is 0 Å². The molecule has 0 saturated carbocycles. The normalized spacial score (nSPS) is 16.3. The third-order valence-corrected chi connectivity index (χ3v) is 4.62. The fourth-order valence-electron chi connectivity index (χ4n) is 2.66. The van der Waals surface area contributed by atoms with Gasteiger partial charge >= 0.3 is 5.97 Å². The van der Waals surface area contributed by atoms with E-state index >= 15 is 0 Å². The third kappa shape index (κ3) is 4.67. The monoisotopic (exact) mass is 385 g/mol. The number of methoxy groups -OCH3 is 1. The Morgan fingerprint density at radius 1 is 1.48 bits per heavy atom. The SMILES string of the molecule is CN=C(NCc1ccc(Br)c(F)c1)N1CCC(C(=O)OC)CC1. The Morgan fingerprint density at radius 2 is 2.17 bits per heavy atom. The number of hydrogen-bond acceptors (Lipinski definition) is 3. The van der Waals surface area contributed by atoms with Crippen LogP contribution in [0.4, 0.5) is 4.39 Å². The summed E-state index contributed by atoms with van der Waals surface area (Å²) in [5.74, 6) is 0.308. The Hall–Kier alpha value is -1.63. The molecule has 0 bridgehead atoms. The van der Waals surface area contributed by atoms with Gasteiger partial charge in [0.25, 0.3) is 0 Å². The number of aliphatic imine (C=N–C) groups is 1. The van der Waals surface area contributed by atoms with Crippen LogP contribution in [-0.4, -0.2) is 44.1 Å². The summed E-state index contributed by atoms with van der Waals surface area (Å²) < 4.78 is 18.8. The highest BCUT2D eigenvalue weighted by molar-refractivity contribution is 9.10. The molecule has 1 aromatic carbocycles. The van der Waals surface area contributed by atoms with Crippen molar-refractivity contribution in [2.24, 2.45) is 10.9 Å². The lowest BCUT2D eigenvalue weighted by Gasteiger charge is -2.33. The lowest BCUT2D eigenvalue weighted by atomic mass is 9.97. The van der Waals surface area contributed by atoms with Crippen molar-refractivity contribution in [2.75, 3.05) is 27.2 Å². The van der Waals surface area contributed by atoms with Gasteiger partial charge in [0.05, 0.1) is 17.5 Å². The summed E-state index contributed by atoms with van der Waals surface area (Å²) in [7, 11) is 3.14. The third-order valence-electron chi connectivity index (χ3n) is 3.98. The van der Waals surface area contributed by atoms with Crippen LogP contribution in [0.1, 0.15) is 18.4 Å². The maximum absolute atomic E-state index is 13.5. The van der Waals surface area contributed by atoms with E-state index in [2.05, 4.69) is 31.1 Å². The quantitative estimate of drug-likeness (QED) is 0.493. The smallest absolute Gasteiger partial charge is 0.308 e. The van der Waals surface area contributed by atoms with E-state index in [1.54, 1.807) is 13.1 Å². The number of guanidine groups is 1. The molecule has 1 N–H and O–H groups in total. The standard InChI is InChI=1S/C16H21BrFN3O2/c1-19-16(20-10-11-3-4-13(17)14(18)9-11)21-7-5-12(6-8-21)15(22)23-2/h3-4,9,12H,5-8,10H2,1-2H3,(H,19,20). The molecule has 0 aromatic heterocycles. The van der Waals surface area contributed by atoms with Crippen molar-refractivity contribution < 1.29 is 13.9 Å². The summed E-state index contributed by atoms with van der Waals surface area (Å²) in [6, 6.07) is 5.04. The first kappa shape index (κ1) is 17.7. The van der Waals surface area contributed by atoms with Gasteiger partial charge in [0.2, 0.25) is 0 Å². The second-order valence-corrected chi connectivity index (χ2v) is 6.29. The molecule has 0 radical (unpaired) electrons. The van der Waals surface area contributed by atoms with Crippen LogP contribution in [0.5, 0.6) is 0 Å². The minimum atomic E-state index is -0.279. The van der Waals surface area contributed by atoms with Gasteiger partial charge in [0, 0.05) is 26.7 Å². The highest BCUT2D eigenvalue weighted by Crippen LogP contribution is 2.19. The molecule has 0 aliphatic carbocycles. The zero-order valence-electron chi connectivity index (χ0n) is 13.3. The molecule has 2 rings (SSSR count). The molecule has 23 heavy (non-hydrogen) atoms. The molecule has 1 aliphatic heterocycles. The predicted molar refractivity (Wildman–Crippen MR) is 90.6 cm³/mol. The number of rotatable bonds is 3. The van der Waals surface area contributed by atoms with Gasteiger partial charge in [0.1, 0.15) is 5.82 Å². The summed E-state index contributed by atoms with van der Waals surface area (Å²) in [6.07, 6.45) is 1.50. The van der Waals surface area contributed by atoms with Crippen LogP contribution in [0, 0.1) is 11.7 Å². The number of halogens is 2.